The molecule has 0 aliphatic carbocycles. The number of rotatable bonds is 7. The van der Waals surface area contributed by atoms with Gasteiger partial charge in [0.2, 0.25) is 0 Å². The van der Waals surface area contributed by atoms with Gasteiger partial charge in [0.05, 0.1) is 16.9 Å². The third kappa shape index (κ3) is 6.21. The van der Waals surface area contributed by atoms with Crippen LogP contribution < -0.4 is 0 Å². The molecule has 0 saturated carbocycles. The van der Waals surface area contributed by atoms with E-state index < -0.39 is 0 Å². The van der Waals surface area contributed by atoms with Crippen molar-refractivity contribution in [3.8, 4) is 79.2 Å². The zero-order valence-corrected chi connectivity index (χ0v) is 28.0. The lowest BCUT2D eigenvalue weighted by molar-refractivity contribution is 1.07. The van der Waals surface area contributed by atoms with Crippen molar-refractivity contribution in [1.82, 2.24) is 29.9 Å². The summed E-state index contributed by atoms with van der Waals surface area (Å²) in [6, 6.07) is 59.3. The molecule has 0 N–H and O–H groups in total. The Hall–Kier alpha value is -7.18. The molecule has 244 valence electrons. The first-order valence-electron chi connectivity index (χ1n) is 17.1. The number of pyridine rings is 1. The summed E-state index contributed by atoms with van der Waals surface area (Å²) in [6.45, 7) is 0. The first-order valence-corrected chi connectivity index (χ1v) is 17.1. The quantitative estimate of drug-likeness (QED) is 0.168. The predicted molar refractivity (Wildman–Crippen MR) is 209 cm³/mol. The molecule has 52 heavy (non-hydrogen) atoms. The second kappa shape index (κ2) is 13.6. The van der Waals surface area contributed by atoms with E-state index in [1.54, 1.807) is 6.20 Å². The fraction of sp³-hybridized carbons (Fsp3) is 0. The first kappa shape index (κ1) is 30.8. The number of hydrogen-bond acceptors (Lipinski definition) is 6. The van der Waals surface area contributed by atoms with Crippen molar-refractivity contribution in [2.24, 2.45) is 0 Å². The van der Waals surface area contributed by atoms with Gasteiger partial charge < -0.3 is 0 Å². The van der Waals surface area contributed by atoms with E-state index in [1.807, 2.05) is 109 Å². The molecule has 3 heterocycles. The number of nitrogens with zero attached hydrogens (tertiary/aromatic N) is 6. The molecule has 0 amide bonds. The van der Waals surface area contributed by atoms with Gasteiger partial charge in [-0.25, -0.2) is 24.9 Å². The summed E-state index contributed by atoms with van der Waals surface area (Å²) >= 11 is 0. The molecule has 6 heteroatoms. The van der Waals surface area contributed by atoms with Gasteiger partial charge in [0.1, 0.15) is 0 Å². The van der Waals surface area contributed by atoms with Gasteiger partial charge in [-0.3, -0.25) is 4.98 Å². The van der Waals surface area contributed by atoms with Crippen molar-refractivity contribution in [3.05, 3.63) is 182 Å². The smallest absolute Gasteiger partial charge is 0.166 e. The van der Waals surface area contributed by atoms with Crippen molar-refractivity contribution in [3.63, 3.8) is 0 Å². The lowest BCUT2D eigenvalue weighted by atomic mass is 9.99. The van der Waals surface area contributed by atoms with Gasteiger partial charge in [-0.05, 0) is 41.5 Å². The maximum absolute atomic E-state index is 5.05. The van der Waals surface area contributed by atoms with Crippen molar-refractivity contribution in [2.75, 3.05) is 0 Å². The minimum atomic E-state index is 0.577. The Morgan fingerprint density at radius 3 is 1.42 bits per heavy atom. The van der Waals surface area contributed by atoms with Crippen LogP contribution >= 0.6 is 0 Å². The van der Waals surface area contributed by atoms with Gasteiger partial charge in [0.25, 0.3) is 0 Å². The number of para-hydroxylation sites is 1. The highest BCUT2D eigenvalue weighted by Gasteiger charge is 2.16. The van der Waals surface area contributed by atoms with Crippen LogP contribution in [0.5, 0.6) is 0 Å². The average molecular weight is 667 g/mol. The summed E-state index contributed by atoms with van der Waals surface area (Å²) < 4.78 is 0. The normalized spacial score (nSPS) is 11.1. The van der Waals surface area contributed by atoms with Crippen LogP contribution in [0, 0.1) is 0 Å². The number of benzene rings is 6. The number of hydrogen-bond donors (Lipinski definition) is 0. The number of fused-ring (bicyclic) bond motifs is 1. The topological polar surface area (TPSA) is 77.3 Å². The molecule has 0 atom stereocenters. The molecule has 0 bridgehead atoms. The van der Waals surface area contributed by atoms with Gasteiger partial charge in [-0.1, -0.05) is 146 Å². The Labute approximate surface area is 301 Å². The molecular weight excluding hydrogens is 637 g/mol. The monoisotopic (exact) mass is 666 g/mol. The molecule has 0 aliphatic rings. The Kier molecular flexibility index (Phi) is 8.08. The second-order valence-electron chi connectivity index (χ2n) is 12.4. The van der Waals surface area contributed by atoms with Crippen molar-refractivity contribution < 1.29 is 0 Å². The maximum atomic E-state index is 5.05. The van der Waals surface area contributed by atoms with Crippen LogP contribution in [0.2, 0.25) is 0 Å². The molecule has 0 spiro atoms. The zero-order chi connectivity index (χ0) is 34.7. The molecule has 9 rings (SSSR count). The van der Waals surface area contributed by atoms with E-state index in [1.165, 1.54) is 0 Å². The van der Waals surface area contributed by atoms with E-state index >= 15 is 0 Å². The SMILES string of the molecule is c1ccc(-c2cc(-c3cccc(-c4cccc(-c5nc(-c6ccccc6)nc(-c6cccc7cccnc67)n5)c4)c3)nc(-c3ccccc3)n2)cc1. The van der Waals surface area contributed by atoms with Crippen molar-refractivity contribution >= 4 is 10.9 Å². The standard InChI is InChI=1S/C46H30N6/c1-4-14-31(15-5-1)40-30-41(49-43(48-40)33-16-6-2-7-17-33)37-23-10-21-35(28-37)36-22-11-24-38(29-36)45-50-44(34-18-8-3-9-19-34)51-46(52-45)39-26-12-20-32-25-13-27-47-42(32)39/h1-30H. The van der Waals surface area contributed by atoms with Crippen LogP contribution in [-0.4, -0.2) is 29.9 Å². The first-order chi connectivity index (χ1) is 25.7. The van der Waals surface area contributed by atoms with Gasteiger partial charge >= 0.3 is 0 Å². The highest BCUT2D eigenvalue weighted by Crippen LogP contribution is 2.33. The second-order valence-corrected chi connectivity index (χ2v) is 12.4. The average Bonchev–Trinajstić information content (AvgIpc) is 3.24. The molecule has 0 fully saturated rings. The molecule has 0 unspecified atom stereocenters. The predicted octanol–water partition coefficient (Wildman–Crippen LogP) is 10.9. The van der Waals surface area contributed by atoms with Crippen molar-refractivity contribution in [1.29, 1.82) is 0 Å². The minimum absolute atomic E-state index is 0.577. The molecule has 0 saturated heterocycles. The van der Waals surface area contributed by atoms with E-state index in [0.29, 0.717) is 23.3 Å². The van der Waals surface area contributed by atoms with E-state index in [-0.39, 0.29) is 0 Å². The lowest BCUT2D eigenvalue weighted by Gasteiger charge is -2.12. The highest BCUT2D eigenvalue weighted by molar-refractivity contribution is 5.92. The van der Waals surface area contributed by atoms with Crippen LogP contribution in [0.3, 0.4) is 0 Å². The Morgan fingerprint density at radius 1 is 0.288 bits per heavy atom. The Bertz CT molecular complexity index is 2620. The highest BCUT2D eigenvalue weighted by atomic mass is 15.0. The molecule has 9 aromatic rings. The summed E-state index contributed by atoms with van der Waals surface area (Å²) in [6.07, 6.45) is 1.80. The van der Waals surface area contributed by atoms with E-state index in [0.717, 1.165) is 66.8 Å². The van der Waals surface area contributed by atoms with Crippen LogP contribution in [0.4, 0.5) is 0 Å². The molecule has 6 aromatic carbocycles. The summed E-state index contributed by atoms with van der Waals surface area (Å²) in [7, 11) is 0. The zero-order valence-electron chi connectivity index (χ0n) is 28.0. The summed E-state index contributed by atoms with van der Waals surface area (Å²) in [5.74, 6) is 2.46. The van der Waals surface area contributed by atoms with E-state index in [2.05, 4.69) is 71.7 Å². The third-order valence-corrected chi connectivity index (χ3v) is 8.98. The van der Waals surface area contributed by atoms with E-state index in [4.69, 9.17) is 24.9 Å². The van der Waals surface area contributed by atoms with Crippen molar-refractivity contribution in [2.45, 2.75) is 0 Å². The van der Waals surface area contributed by atoms with Gasteiger partial charge in [-0.15, -0.1) is 0 Å². The van der Waals surface area contributed by atoms with Crippen LogP contribution in [0.15, 0.2) is 182 Å². The van der Waals surface area contributed by atoms with Crippen LogP contribution in [-0.2, 0) is 0 Å². The van der Waals surface area contributed by atoms with Gasteiger partial charge in [-0.2, -0.15) is 0 Å². The molecule has 6 nitrogen and oxygen atoms in total. The lowest BCUT2D eigenvalue weighted by Crippen LogP contribution is -2.01. The maximum Gasteiger partial charge on any atom is 0.166 e. The summed E-state index contributed by atoms with van der Waals surface area (Å²) in [5, 5.41) is 1.03. The summed E-state index contributed by atoms with van der Waals surface area (Å²) in [4.78, 5) is 29.7. The van der Waals surface area contributed by atoms with Gasteiger partial charge in [0.15, 0.2) is 23.3 Å². The van der Waals surface area contributed by atoms with E-state index in [9.17, 15) is 0 Å². The minimum Gasteiger partial charge on any atom is -0.255 e. The fourth-order valence-corrected chi connectivity index (χ4v) is 6.39. The van der Waals surface area contributed by atoms with Crippen LogP contribution in [0.25, 0.3) is 90.1 Å². The molecule has 0 aliphatic heterocycles. The summed E-state index contributed by atoms with van der Waals surface area (Å²) in [5.41, 5.74) is 10.3. The molecule has 0 radical (unpaired) electrons. The Balaban J connectivity index is 1.14. The largest absolute Gasteiger partial charge is 0.255 e. The molecule has 3 aromatic heterocycles. The molecular formula is C46H30N6. The fourth-order valence-electron chi connectivity index (χ4n) is 6.39. The van der Waals surface area contributed by atoms with Gasteiger partial charge in [0, 0.05) is 45.0 Å². The number of aromatic nitrogens is 6. The third-order valence-electron chi connectivity index (χ3n) is 8.98. The Morgan fingerprint density at radius 2 is 0.750 bits per heavy atom. The van der Waals surface area contributed by atoms with Crippen LogP contribution in [0.1, 0.15) is 0 Å².